The fourth-order valence-electron chi connectivity index (χ4n) is 2.24. The third-order valence-electron chi connectivity index (χ3n) is 3.03. The second-order valence-electron chi connectivity index (χ2n) is 4.18. The molecule has 0 spiro atoms. The monoisotopic (exact) mass is 351 g/mol. The number of nitrogens with zero attached hydrogens (tertiary/aromatic N) is 1. The normalized spacial score (nSPS) is 12.9. The van der Waals surface area contributed by atoms with Gasteiger partial charge in [-0.15, -0.1) is 11.3 Å². The summed E-state index contributed by atoms with van der Waals surface area (Å²) in [5.74, 6) is 0.856. The number of fused-ring (bicyclic) bond motifs is 5. The first-order valence-electron chi connectivity index (χ1n) is 5.56. The Morgan fingerprint density at radius 3 is 3.16 bits per heavy atom. The lowest BCUT2D eigenvalue weighted by Gasteiger charge is -2.22. The van der Waals surface area contributed by atoms with Crippen LogP contribution in [0, 0.1) is 0 Å². The van der Waals surface area contributed by atoms with Gasteiger partial charge in [0.25, 0.3) is 0 Å². The predicted molar refractivity (Wildman–Crippen MR) is 80.4 cm³/mol. The molecule has 0 aromatic heterocycles. The Morgan fingerprint density at radius 1 is 1.37 bits per heavy atom. The lowest BCUT2D eigenvalue weighted by molar-refractivity contribution is 0.303. The maximum Gasteiger partial charge on any atom is 0.328 e. The zero-order valence-corrected chi connectivity index (χ0v) is 12.7. The van der Waals surface area contributed by atoms with Crippen LogP contribution in [0.4, 0.5) is 0 Å². The summed E-state index contributed by atoms with van der Waals surface area (Å²) in [7, 11) is 0. The lowest BCUT2D eigenvalue weighted by atomic mass is 9.99. The van der Waals surface area contributed by atoms with Crippen molar-refractivity contribution >= 4 is 38.6 Å². The molecule has 0 saturated heterocycles. The summed E-state index contributed by atoms with van der Waals surface area (Å²) >= 11 is 6.19. The standard InChI is InChI=1S/C13H6BrNO2S2/c14-7-1-2-9-8(3-7)10-6(4-17-9)5-18-12-11(10)19-13(16)15-12/h1-3,5H,4H2. The van der Waals surface area contributed by atoms with Crippen molar-refractivity contribution in [1.82, 2.24) is 4.98 Å². The van der Waals surface area contributed by atoms with E-state index < -0.39 is 0 Å². The van der Waals surface area contributed by atoms with Crippen LogP contribution in [0.2, 0.25) is 0 Å². The van der Waals surface area contributed by atoms with E-state index in [0.29, 0.717) is 6.61 Å². The van der Waals surface area contributed by atoms with Crippen LogP contribution < -0.4 is 9.61 Å². The molecule has 0 amide bonds. The van der Waals surface area contributed by atoms with Crippen molar-refractivity contribution in [2.75, 3.05) is 0 Å². The summed E-state index contributed by atoms with van der Waals surface area (Å²) in [5.41, 5.74) is 3.24. The molecule has 0 fully saturated rings. The number of hydrogen-bond acceptors (Lipinski definition) is 5. The van der Waals surface area contributed by atoms with Crippen LogP contribution in [0.3, 0.4) is 0 Å². The molecular formula is C13H6BrNO2S2. The molecule has 0 saturated carbocycles. The summed E-state index contributed by atoms with van der Waals surface area (Å²) in [6, 6.07) is 5.93. The van der Waals surface area contributed by atoms with Crippen LogP contribution in [0.15, 0.2) is 32.8 Å². The Bertz CT molecular complexity index is 824. The van der Waals surface area contributed by atoms with Gasteiger partial charge in [0, 0.05) is 26.5 Å². The van der Waals surface area contributed by atoms with Crippen molar-refractivity contribution in [1.29, 1.82) is 0 Å². The van der Waals surface area contributed by atoms with E-state index in [0.717, 1.165) is 36.8 Å². The second-order valence-corrected chi connectivity index (χ2v) is 6.91. The molecule has 19 heavy (non-hydrogen) atoms. The van der Waals surface area contributed by atoms with Crippen molar-refractivity contribution < 1.29 is 4.74 Å². The molecule has 3 nitrogen and oxygen atoms in total. The van der Waals surface area contributed by atoms with Crippen molar-refractivity contribution in [2.45, 2.75) is 6.61 Å². The number of thiazole rings is 1. The van der Waals surface area contributed by atoms with Crippen LogP contribution in [0.5, 0.6) is 5.75 Å². The molecule has 1 aromatic rings. The van der Waals surface area contributed by atoms with Gasteiger partial charge in [-0.1, -0.05) is 27.3 Å². The van der Waals surface area contributed by atoms with Crippen LogP contribution in [-0.2, 0) is 6.61 Å². The highest BCUT2D eigenvalue weighted by atomic mass is 79.9. The summed E-state index contributed by atoms with van der Waals surface area (Å²) in [5, 5.41) is 2.84. The molecule has 6 heteroatoms. The number of ether oxygens (including phenoxy) is 1. The summed E-state index contributed by atoms with van der Waals surface area (Å²) in [6.45, 7) is 0.544. The Morgan fingerprint density at radius 2 is 2.26 bits per heavy atom. The topological polar surface area (TPSA) is 39.2 Å². The highest BCUT2D eigenvalue weighted by Crippen LogP contribution is 2.46. The third kappa shape index (κ3) is 1.74. The lowest BCUT2D eigenvalue weighted by Crippen LogP contribution is -2.05. The molecule has 3 aliphatic rings. The molecule has 0 radical (unpaired) electrons. The molecule has 0 bridgehead atoms. The average Bonchev–Trinajstić information content (AvgIpc) is 2.78. The van der Waals surface area contributed by atoms with Crippen LogP contribution >= 0.6 is 38.6 Å². The Balaban J connectivity index is 2.12. The fraction of sp³-hybridized carbons (Fsp3) is 0.0769. The Labute approximate surface area is 125 Å². The van der Waals surface area contributed by atoms with E-state index in [-0.39, 0.29) is 4.87 Å². The number of rotatable bonds is 0. The van der Waals surface area contributed by atoms with E-state index in [9.17, 15) is 4.79 Å². The van der Waals surface area contributed by atoms with E-state index in [2.05, 4.69) is 20.9 Å². The van der Waals surface area contributed by atoms with Crippen molar-refractivity contribution in [3.8, 4) is 26.8 Å². The largest absolute Gasteiger partial charge is 0.488 e. The molecule has 0 N–H and O–H groups in total. The van der Waals surface area contributed by atoms with Gasteiger partial charge in [0.05, 0.1) is 4.88 Å². The molecular weight excluding hydrogens is 346 g/mol. The van der Waals surface area contributed by atoms with Gasteiger partial charge in [0.1, 0.15) is 17.4 Å². The zero-order valence-electron chi connectivity index (χ0n) is 9.47. The average molecular weight is 352 g/mol. The fourth-order valence-corrected chi connectivity index (χ4v) is 4.50. The van der Waals surface area contributed by atoms with Gasteiger partial charge in [0.15, 0.2) is 0 Å². The molecule has 0 atom stereocenters. The smallest absolute Gasteiger partial charge is 0.328 e. The van der Waals surface area contributed by atoms with Crippen LogP contribution in [0.1, 0.15) is 5.56 Å². The van der Waals surface area contributed by atoms with E-state index in [1.165, 1.54) is 22.7 Å². The van der Waals surface area contributed by atoms with Crippen molar-refractivity contribution in [2.24, 2.45) is 0 Å². The first kappa shape index (κ1) is 11.6. The zero-order chi connectivity index (χ0) is 13.0. The molecule has 3 heterocycles. The minimum absolute atomic E-state index is 0.136. The highest BCUT2D eigenvalue weighted by molar-refractivity contribution is 9.10. The van der Waals surface area contributed by atoms with Gasteiger partial charge < -0.3 is 4.74 Å². The van der Waals surface area contributed by atoms with Crippen LogP contribution in [-0.4, -0.2) is 4.98 Å². The molecule has 3 aliphatic heterocycles. The summed E-state index contributed by atoms with van der Waals surface area (Å²) in [6.07, 6.45) is 0. The second kappa shape index (κ2) is 4.13. The SMILES string of the molecule is O=c1nc2scc3c(c-2s1)-c1cc(Br)ccc1OC3. The summed E-state index contributed by atoms with van der Waals surface area (Å²) in [4.78, 5) is 16.4. The molecule has 4 rings (SSSR count). The van der Waals surface area contributed by atoms with E-state index in [1.807, 2.05) is 23.6 Å². The number of halogens is 1. The predicted octanol–water partition coefficient (Wildman–Crippen LogP) is 3.99. The van der Waals surface area contributed by atoms with Gasteiger partial charge in [-0.05, 0) is 18.2 Å². The summed E-state index contributed by atoms with van der Waals surface area (Å²) < 4.78 is 6.75. The Hall–Kier alpha value is -1.24. The maximum atomic E-state index is 11.5. The molecule has 94 valence electrons. The van der Waals surface area contributed by atoms with Gasteiger partial charge in [-0.2, -0.15) is 4.98 Å². The van der Waals surface area contributed by atoms with E-state index in [1.54, 1.807) is 0 Å². The molecule has 0 aliphatic carbocycles. The van der Waals surface area contributed by atoms with Gasteiger partial charge in [0.2, 0.25) is 0 Å². The van der Waals surface area contributed by atoms with Gasteiger partial charge >= 0.3 is 4.87 Å². The van der Waals surface area contributed by atoms with E-state index in [4.69, 9.17) is 4.74 Å². The highest BCUT2D eigenvalue weighted by Gasteiger charge is 2.25. The van der Waals surface area contributed by atoms with Crippen molar-refractivity contribution in [3.05, 3.63) is 43.3 Å². The van der Waals surface area contributed by atoms with E-state index >= 15 is 0 Å². The number of hydrogen-bond donors (Lipinski definition) is 0. The minimum atomic E-state index is -0.136. The van der Waals surface area contributed by atoms with Crippen LogP contribution in [0.25, 0.3) is 21.0 Å². The first-order valence-corrected chi connectivity index (χ1v) is 8.05. The Kier molecular flexibility index (Phi) is 2.51. The van der Waals surface area contributed by atoms with Gasteiger partial charge in [-0.25, -0.2) is 0 Å². The number of benzene rings is 1. The minimum Gasteiger partial charge on any atom is -0.488 e. The molecule has 0 unspecified atom stereocenters. The third-order valence-corrected chi connectivity index (χ3v) is 5.44. The van der Waals surface area contributed by atoms with Gasteiger partial charge in [-0.3, -0.25) is 4.79 Å². The first-order chi connectivity index (χ1) is 9.22. The quantitative estimate of drug-likeness (QED) is 0.614. The molecule has 1 aromatic carbocycles. The van der Waals surface area contributed by atoms with Crippen molar-refractivity contribution in [3.63, 3.8) is 0 Å². The maximum absolute atomic E-state index is 11.5. The number of aromatic nitrogens is 1.